The van der Waals surface area contributed by atoms with Crippen molar-refractivity contribution in [2.24, 2.45) is 0 Å². The molecule has 0 fully saturated rings. The maximum atomic E-state index is 12.3. The summed E-state index contributed by atoms with van der Waals surface area (Å²) in [6, 6.07) is 0.502. The third kappa shape index (κ3) is 2.99. The first-order chi connectivity index (χ1) is 6.79. The van der Waals surface area contributed by atoms with Crippen molar-refractivity contribution in [3.63, 3.8) is 0 Å². The zero-order valence-electron chi connectivity index (χ0n) is 7.26. The molecule has 1 rings (SSSR count). The summed E-state index contributed by atoms with van der Waals surface area (Å²) in [7, 11) is -9.89. The molecule has 0 aliphatic rings. The van der Waals surface area contributed by atoms with Crippen LogP contribution in [0.15, 0.2) is 23.1 Å². The minimum absolute atomic E-state index is 0.00441. The van der Waals surface area contributed by atoms with Crippen LogP contribution in [0.2, 0.25) is 5.02 Å². The third-order valence-electron chi connectivity index (χ3n) is 1.56. The van der Waals surface area contributed by atoms with E-state index >= 15 is 0 Å². The van der Waals surface area contributed by atoms with Gasteiger partial charge in [0.25, 0.3) is 0 Å². The van der Waals surface area contributed by atoms with Gasteiger partial charge < -0.3 is 5.11 Å². The van der Waals surface area contributed by atoms with Crippen LogP contribution < -0.4 is 0 Å². The number of hydrogen-bond acceptors (Lipinski definition) is 1. The van der Waals surface area contributed by atoms with Gasteiger partial charge in [-0.05, 0) is 18.2 Å². The fraction of sp³-hybridized carbons (Fsp3) is 0. The number of rotatable bonds is 2. The van der Waals surface area contributed by atoms with Crippen molar-refractivity contribution in [1.29, 1.82) is 0 Å². The van der Waals surface area contributed by atoms with Gasteiger partial charge in [0, 0.05) is 5.02 Å². The molecule has 0 radical (unpaired) electrons. The Kier molecular flexibility index (Phi) is 2.29. The Morgan fingerprint density at radius 3 is 2.00 bits per heavy atom. The van der Waals surface area contributed by atoms with E-state index in [0.29, 0.717) is 6.07 Å². The Labute approximate surface area is 91.4 Å². The summed E-state index contributed by atoms with van der Waals surface area (Å²) >= 11 is 5.15. The van der Waals surface area contributed by atoms with Crippen LogP contribution in [-0.2, 0) is 0 Å². The highest BCUT2D eigenvalue weighted by Crippen LogP contribution is 3.02. The molecule has 0 spiro atoms. The molecule has 0 heterocycles. The second-order valence-corrected chi connectivity index (χ2v) is 5.80. The van der Waals surface area contributed by atoms with Gasteiger partial charge in [-0.2, -0.15) is 0 Å². The van der Waals surface area contributed by atoms with Gasteiger partial charge in [-0.25, -0.2) is 4.79 Å². The van der Waals surface area contributed by atoms with E-state index in [4.69, 9.17) is 16.7 Å². The highest BCUT2D eigenvalue weighted by atomic mass is 35.5. The van der Waals surface area contributed by atoms with Crippen LogP contribution >= 0.6 is 21.8 Å². The number of carboxylic acids is 1. The van der Waals surface area contributed by atoms with Crippen LogP contribution in [0, 0.1) is 0 Å². The van der Waals surface area contributed by atoms with Gasteiger partial charge in [-0.3, -0.25) is 0 Å². The van der Waals surface area contributed by atoms with Gasteiger partial charge in [0.2, 0.25) is 0 Å². The third-order valence-corrected chi connectivity index (χ3v) is 2.91. The molecule has 9 heteroatoms. The van der Waals surface area contributed by atoms with Gasteiger partial charge >= 0.3 is 16.2 Å². The average Bonchev–Trinajstić information content (AvgIpc) is 1.98. The number of carbonyl (C=O) groups is 1. The summed E-state index contributed by atoms with van der Waals surface area (Å²) in [5.41, 5.74) is -0.948. The minimum atomic E-state index is -9.89. The lowest BCUT2D eigenvalue weighted by atomic mass is 10.2. The second kappa shape index (κ2) is 2.80. The van der Waals surface area contributed by atoms with Crippen molar-refractivity contribution in [3.8, 4) is 0 Å². The SMILES string of the molecule is O=C(O)c1cc(Cl)cc(S(F)(F)(F)(F)F)c1. The van der Waals surface area contributed by atoms with Crippen molar-refractivity contribution in [2.45, 2.75) is 4.90 Å². The molecule has 1 aromatic carbocycles. The van der Waals surface area contributed by atoms with Crippen molar-refractivity contribution in [3.05, 3.63) is 28.8 Å². The molecule has 1 N–H and O–H groups in total. The number of halogens is 6. The Morgan fingerprint density at radius 1 is 1.12 bits per heavy atom. The number of carboxylic acid groups (broad SMARTS) is 1. The summed E-state index contributed by atoms with van der Waals surface area (Å²) in [5.74, 6) is -1.77. The van der Waals surface area contributed by atoms with Crippen molar-refractivity contribution in [1.82, 2.24) is 0 Å². The quantitative estimate of drug-likeness (QED) is 0.799. The van der Waals surface area contributed by atoms with E-state index in [-0.39, 0.29) is 12.1 Å². The molecular formula is C7H4ClF5O2S. The van der Waals surface area contributed by atoms with Crippen LogP contribution in [0.4, 0.5) is 19.4 Å². The molecule has 1 aromatic rings. The molecule has 2 nitrogen and oxygen atoms in total. The zero-order chi connectivity index (χ0) is 12.8. The van der Waals surface area contributed by atoms with Crippen molar-refractivity contribution in [2.75, 3.05) is 0 Å². The van der Waals surface area contributed by atoms with Crippen molar-refractivity contribution < 1.29 is 29.3 Å². The standard InChI is InChI=1S/C7H4ClF5O2S/c8-5-1-4(7(14)15)2-6(3-5)16(9,10,11,12)13/h1-3H,(H,14,15). The minimum Gasteiger partial charge on any atom is -0.478 e. The van der Waals surface area contributed by atoms with Crippen molar-refractivity contribution >= 4 is 27.8 Å². The van der Waals surface area contributed by atoms with Crippen LogP contribution in [0.1, 0.15) is 10.4 Å². The summed E-state index contributed by atoms with van der Waals surface area (Å²) in [5, 5.41) is 7.69. The maximum absolute atomic E-state index is 12.3. The van der Waals surface area contributed by atoms with E-state index in [9.17, 15) is 24.2 Å². The molecule has 0 unspecified atom stereocenters. The topological polar surface area (TPSA) is 37.3 Å². The van der Waals surface area contributed by atoms with E-state index in [1.165, 1.54) is 0 Å². The van der Waals surface area contributed by atoms with E-state index < -0.39 is 31.7 Å². The van der Waals surface area contributed by atoms with Crippen LogP contribution in [0.3, 0.4) is 0 Å². The molecule has 0 amide bonds. The van der Waals surface area contributed by atoms with Gasteiger partial charge in [0.05, 0.1) is 5.56 Å². The Hall–Kier alpha value is -1.02. The number of benzene rings is 1. The Balaban J connectivity index is 3.56. The molecule has 0 atom stereocenters. The normalized spacial score (nSPS) is 16.4. The predicted octanol–water partition coefficient (Wildman–Crippen LogP) is 4.70. The maximum Gasteiger partial charge on any atom is 0.335 e. The van der Waals surface area contributed by atoms with Crippen LogP contribution in [-0.4, -0.2) is 11.1 Å². The second-order valence-electron chi connectivity index (χ2n) is 2.95. The molecule has 0 aliphatic carbocycles. The molecule has 0 saturated heterocycles. The lowest BCUT2D eigenvalue weighted by molar-refractivity contribution is 0.0696. The van der Waals surface area contributed by atoms with Crippen LogP contribution in [0.25, 0.3) is 0 Å². The molecule has 0 saturated carbocycles. The molecule has 0 aliphatic heterocycles. The number of hydrogen-bond donors (Lipinski definition) is 1. The van der Waals surface area contributed by atoms with E-state index in [0.717, 1.165) is 0 Å². The Bertz CT molecular complexity index is 469. The summed E-state index contributed by atoms with van der Waals surface area (Å²) < 4.78 is 61.6. The first kappa shape index (κ1) is 13.0. The summed E-state index contributed by atoms with van der Waals surface area (Å²) in [6.45, 7) is 0. The first-order valence-corrected chi connectivity index (χ1v) is 5.90. The highest BCUT2D eigenvalue weighted by Gasteiger charge is 2.65. The fourth-order valence-electron chi connectivity index (χ4n) is 0.909. The molecule has 0 aromatic heterocycles. The van der Waals surface area contributed by atoms with Gasteiger partial charge in [0.1, 0.15) is 4.90 Å². The Morgan fingerprint density at radius 2 is 1.62 bits per heavy atom. The molecule has 0 bridgehead atoms. The van der Waals surface area contributed by atoms with Gasteiger partial charge in [0.15, 0.2) is 0 Å². The first-order valence-electron chi connectivity index (χ1n) is 3.57. The highest BCUT2D eigenvalue weighted by molar-refractivity contribution is 8.45. The lowest BCUT2D eigenvalue weighted by Crippen LogP contribution is -2.08. The van der Waals surface area contributed by atoms with Gasteiger partial charge in [-0.15, -0.1) is 0 Å². The fourth-order valence-corrected chi connectivity index (χ4v) is 1.91. The zero-order valence-corrected chi connectivity index (χ0v) is 8.84. The summed E-state index contributed by atoms with van der Waals surface area (Å²) in [6.07, 6.45) is 0. The number of aromatic carboxylic acids is 1. The predicted molar refractivity (Wildman–Crippen MR) is 49.8 cm³/mol. The lowest BCUT2D eigenvalue weighted by Gasteiger charge is -2.40. The largest absolute Gasteiger partial charge is 0.478 e. The summed E-state index contributed by atoms with van der Waals surface area (Å²) in [4.78, 5) is 8.07. The van der Waals surface area contributed by atoms with E-state index in [1.807, 2.05) is 0 Å². The molecule has 92 valence electrons. The van der Waals surface area contributed by atoms with Gasteiger partial charge in [-0.1, -0.05) is 31.0 Å². The monoisotopic (exact) mass is 282 g/mol. The van der Waals surface area contributed by atoms with E-state index in [1.54, 1.807) is 0 Å². The van der Waals surface area contributed by atoms with E-state index in [2.05, 4.69) is 0 Å². The van der Waals surface area contributed by atoms with Crippen LogP contribution in [0.5, 0.6) is 0 Å². The smallest absolute Gasteiger partial charge is 0.335 e. The molecule has 16 heavy (non-hydrogen) atoms. The molecular weight excluding hydrogens is 279 g/mol. The average molecular weight is 283 g/mol.